The van der Waals surface area contributed by atoms with Gasteiger partial charge in [0.15, 0.2) is 0 Å². The van der Waals surface area contributed by atoms with Crippen LogP contribution in [0.25, 0.3) is 11.1 Å². The Labute approximate surface area is 260 Å². The van der Waals surface area contributed by atoms with Crippen molar-refractivity contribution in [3.05, 3.63) is 59.7 Å². The molecule has 1 aromatic carbocycles. The largest absolute Gasteiger partial charge is 0.469 e. The van der Waals surface area contributed by atoms with E-state index < -0.39 is 48.3 Å². The molecule has 10 nitrogen and oxygen atoms in total. The van der Waals surface area contributed by atoms with Crippen molar-refractivity contribution < 1.29 is 45.4 Å². The Morgan fingerprint density at radius 1 is 0.957 bits per heavy atom. The van der Waals surface area contributed by atoms with Crippen molar-refractivity contribution in [3.8, 4) is 11.1 Å². The van der Waals surface area contributed by atoms with Crippen LogP contribution < -0.4 is 4.90 Å². The number of halogens is 6. The number of nitrogens with zero attached hydrogens (tertiary/aromatic N) is 6. The van der Waals surface area contributed by atoms with Crippen LogP contribution in [-0.2, 0) is 40.2 Å². The molecule has 248 valence electrons. The first-order valence-electron chi connectivity index (χ1n) is 14.6. The van der Waals surface area contributed by atoms with E-state index in [9.17, 15) is 35.9 Å². The second-order valence-corrected chi connectivity index (χ2v) is 11.5. The summed E-state index contributed by atoms with van der Waals surface area (Å²) in [5.41, 5.74) is -1.80. The van der Waals surface area contributed by atoms with E-state index in [1.165, 1.54) is 29.3 Å². The molecule has 2 atom stereocenters. The summed E-state index contributed by atoms with van der Waals surface area (Å²) in [5.74, 6) is -0.672. The van der Waals surface area contributed by atoms with E-state index in [0.717, 1.165) is 0 Å². The number of carbonyl (C=O) groups is 2. The lowest BCUT2D eigenvalue weighted by Gasteiger charge is -2.34. The van der Waals surface area contributed by atoms with Gasteiger partial charge >= 0.3 is 24.4 Å². The Balaban J connectivity index is 1.44. The van der Waals surface area contributed by atoms with Gasteiger partial charge in [-0.2, -0.15) is 31.4 Å². The van der Waals surface area contributed by atoms with Crippen LogP contribution in [0.3, 0.4) is 0 Å². The highest BCUT2D eigenvalue weighted by Crippen LogP contribution is 2.38. The number of likely N-dealkylation sites (tertiary alicyclic amines) is 1. The number of amides is 1. The fourth-order valence-corrected chi connectivity index (χ4v) is 5.82. The quantitative estimate of drug-likeness (QED) is 0.220. The van der Waals surface area contributed by atoms with Crippen molar-refractivity contribution in [1.29, 1.82) is 0 Å². The summed E-state index contributed by atoms with van der Waals surface area (Å²) >= 11 is 0. The molecule has 2 fully saturated rings. The molecule has 3 aromatic rings. The first kappa shape index (κ1) is 33.0. The smallest absolute Gasteiger partial charge is 0.416 e. The highest BCUT2D eigenvalue weighted by Gasteiger charge is 2.43. The minimum Gasteiger partial charge on any atom is -0.469 e. The molecule has 1 aliphatic carbocycles. The van der Waals surface area contributed by atoms with Crippen molar-refractivity contribution in [2.75, 3.05) is 18.6 Å². The topological polar surface area (TPSA) is 103 Å². The van der Waals surface area contributed by atoms with Gasteiger partial charge < -0.3 is 19.3 Å². The van der Waals surface area contributed by atoms with E-state index in [1.54, 1.807) is 24.1 Å². The van der Waals surface area contributed by atoms with E-state index in [1.807, 2.05) is 6.92 Å². The Morgan fingerprint density at radius 3 is 2.11 bits per heavy atom. The number of ether oxygens (including phenoxy) is 2. The first-order chi connectivity index (χ1) is 21.7. The monoisotopic (exact) mass is 654 g/mol. The average molecular weight is 655 g/mol. The number of benzene rings is 1. The average Bonchev–Trinajstić information content (AvgIpc) is 3.62. The molecule has 0 spiro atoms. The fourth-order valence-electron chi connectivity index (χ4n) is 5.82. The number of esters is 1. The second-order valence-electron chi connectivity index (χ2n) is 11.5. The van der Waals surface area contributed by atoms with Gasteiger partial charge in [0.05, 0.1) is 36.4 Å². The van der Waals surface area contributed by atoms with E-state index in [2.05, 4.69) is 15.1 Å². The van der Waals surface area contributed by atoms with Crippen molar-refractivity contribution in [3.63, 3.8) is 0 Å². The molecule has 46 heavy (non-hydrogen) atoms. The summed E-state index contributed by atoms with van der Waals surface area (Å²) in [6.07, 6.45) is -3.31. The number of hydrogen-bond acceptors (Lipinski definition) is 8. The third kappa shape index (κ3) is 7.20. The van der Waals surface area contributed by atoms with Gasteiger partial charge in [0, 0.05) is 55.9 Å². The lowest BCUT2D eigenvalue weighted by Crippen LogP contribution is -2.44. The fraction of sp³-hybridized carbons (Fsp3) is 0.500. The van der Waals surface area contributed by atoms with E-state index in [0.29, 0.717) is 48.9 Å². The highest BCUT2D eigenvalue weighted by atomic mass is 19.4. The number of methoxy groups -OCH3 is 1. The number of hydrogen-bond donors (Lipinski definition) is 0. The van der Waals surface area contributed by atoms with E-state index in [-0.39, 0.29) is 42.1 Å². The van der Waals surface area contributed by atoms with Crippen molar-refractivity contribution in [2.24, 2.45) is 13.0 Å². The zero-order valence-corrected chi connectivity index (χ0v) is 25.2. The molecular formula is C30H32F6N6O4. The molecule has 0 N–H and O–H groups in total. The van der Waals surface area contributed by atoms with E-state index in [4.69, 9.17) is 9.47 Å². The van der Waals surface area contributed by atoms with Gasteiger partial charge in [-0.05, 0) is 49.4 Å². The molecule has 16 heteroatoms. The molecule has 0 radical (unpaired) electrons. The van der Waals surface area contributed by atoms with Crippen LogP contribution in [0, 0.1) is 5.92 Å². The van der Waals surface area contributed by atoms with Gasteiger partial charge in [-0.25, -0.2) is 14.8 Å². The van der Waals surface area contributed by atoms with Crippen LogP contribution in [-0.4, -0.2) is 68.6 Å². The lowest BCUT2D eigenvalue weighted by molar-refractivity contribution is -0.153. The highest BCUT2D eigenvalue weighted by molar-refractivity contribution is 5.74. The summed E-state index contributed by atoms with van der Waals surface area (Å²) in [4.78, 5) is 36.8. The van der Waals surface area contributed by atoms with Crippen molar-refractivity contribution in [1.82, 2.24) is 24.6 Å². The van der Waals surface area contributed by atoms with Crippen LogP contribution in [0.15, 0.2) is 43.0 Å². The zero-order valence-electron chi connectivity index (χ0n) is 25.2. The second kappa shape index (κ2) is 12.8. The van der Waals surface area contributed by atoms with E-state index >= 15 is 0 Å². The summed E-state index contributed by atoms with van der Waals surface area (Å²) in [5, 5.41) is 4.11. The van der Waals surface area contributed by atoms with Crippen LogP contribution in [0.2, 0.25) is 0 Å². The molecule has 1 amide bonds. The molecule has 1 saturated carbocycles. The summed E-state index contributed by atoms with van der Waals surface area (Å²) < 4.78 is 94.0. The minimum absolute atomic E-state index is 0.0588. The van der Waals surface area contributed by atoms with Gasteiger partial charge in [0.2, 0.25) is 5.95 Å². The summed E-state index contributed by atoms with van der Waals surface area (Å²) in [6, 6.07) is 0.532. The van der Waals surface area contributed by atoms with Crippen molar-refractivity contribution in [2.45, 2.75) is 69.7 Å². The molecule has 3 heterocycles. The molecule has 1 aliphatic heterocycles. The first-order valence-corrected chi connectivity index (χ1v) is 14.6. The maximum absolute atomic E-state index is 13.7. The number of aryl methyl sites for hydroxylation is 1. The molecule has 0 bridgehead atoms. The molecule has 2 aromatic heterocycles. The Kier molecular flexibility index (Phi) is 9.18. The van der Waals surface area contributed by atoms with Crippen LogP contribution in [0.1, 0.15) is 49.3 Å². The van der Waals surface area contributed by atoms with Crippen LogP contribution >= 0.6 is 0 Å². The SMILES string of the molecule is CC[C@@H]1C[C@H](N(Cc2cc(C(F)(F)F)cc(C(F)(F)F)c2)c2ncc(-c3cnn(C)c3)cn2)CN1C(=O)O[C@H]1C[C@@H](C(=O)OC)C1. The third-order valence-electron chi connectivity index (χ3n) is 8.37. The molecule has 0 unspecified atom stereocenters. The maximum Gasteiger partial charge on any atom is 0.416 e. The summed E-state index contributed by atoms with van der Waals surface area (Å²) in [7, 11) is 3.01. The third-order valence-corrected chi connectivity index (χ3v) is 8.37. The molecule has 2 aliphatic rings. The van der Waals surface area contributed by atoms with Gasteiger partial charge in [-0.1, -0.05) is 6.92 Å². The summed E-state index contributed by atoms with van der Waals surface area (Å²) in [6.45, 7) is 1.52. The lowest BCUT2D eigenvalue weighted by atomic mass is 9.82. The number of aromatic nitrogens is 4. The van der Waals surface area contributed by atoms with Crippen molar-refractivity contribution >= 4 is 18.0 Å². The Hall–Kier alpha value is -4.37. The van der Waals surface area contributed by atoms with Crippen LogP contribution in [0.4, 0.5) is 37.1 Å². The van der Waals surface area contributed by atoms with Gasteiger partial charge in [-0.3, -0.25) is 9.48 Å². The Morgan fingerprint density at radius 2 is 1.59 bits per heavy atom. The number of anilines is 1. The van der Waals surface area contributed by atoms with Crippen LogP contribution in [0.5, 0.6) is 0 Å². The maximum atomic E-state index is 13.7. The molecule has 5 rings (SSSR count). The number of rotatable bonds is 8. The number of alkyl halides is 6. The van der Waals surface area contributed by atoms with Gasteiger partial charge in [0.25, 0.3) is 0 Å². The predicted octanol–water partition coefficient (Wildman–Crippen LogP) is 5.86. The molecular weight excluding hydrogens is 622 g/mol. The van der Waals surface area contributed by atoms with Gasteiger partial charge in [0.1, 0.15) is 6.10 Å². The normalized spacial score (nSPS) is 21.5. The zero-order chi connectivity index (χ0) is 33.4. The molecule has 1 saturated heterocycles. The standard InChI is InChI=1S/C30H32F6N6O4/c1-4-23-10-24(16-42(23)28(44)46-25-7-18(8-25)26(43)45-3)41(27-37-11-19(12-38-27)20-13-39-40(2)15-20)14-17-5-21(29(31,32)33)9-22(6-17)30(34,35)36/h5-6,9,11-13,15,18,23-25H,4,7-8,10,14,16H2,1-3H3/t18-,23-,24+,25+/m1/s1. The minimum atomic E-state index is -5.02. The van der Waals surface area contributed by atoms with Gasteiger partial charge in [-0.15, -0.1) is 0 Å². The predicted molar refractivity (Wildman–Crippen MR) is 151 cm³/mol. The number of carbonyl (C=O) groups excluding carboxylic acids is 2. The Bertz CT molecular complexity index is 1520.